The molecule has 0 saturated carbocycles. The van der Waals surface area contributed by atoms with Gasteiger partial charge in [-0.05, 0) is 31.2 Å². The van der Waals surface area contributed by atoms with Crippen LogP contribution in [0.3, 0.4) is 0 Å². The fourth-order valence-electron chi connectivity index (χ4n) is 2.03. The number of ether oxygens (including phenoxy) is 2. The summed E-state index contributed by atoms with van der Waals surface area (Å²) in [5, 5.41) is 9.08. The van der Waals surface area contributed by atoms with Crippen LogP contribution in [0.25, 0.3) is 0 Å². The first-order valence-corrected chi connectivity index (χ1v) is 7.43. The van der Waals surface area contributed by atoms with Gasteiger partial charge in [-0.3, -0.25) is 0 Å². The number of esters is 1. The molecule has 0 radical (unpaired) electrons. The van der Waals surface area contributed by atoms with Crippen LogP contribution in [0.15, 0.2) is 24.3 Å². The van der Waals surface area contributed by atoms with Gasteiger partial charge in [0, 0.05) is 5.56 Å². The Labute approximate surface area is 150 Å². The molecule has 1 aromatic carbocycles. The van der Waals surface area contributed by atoms with Crippen LogP contribution in [0.1, 0.15) is 34.0 Å². The summed E-state index contributed by atoms with van der Waals surface area (Å²) in [5.41, 5.74) is -2.54. The van der Waals surface area contributed by atoms with Gasteiger partial charge in [0.25, 0.3) is 0 Å². The normalized spacial score (nSPS) is 11.0. The summed E-state index contributed by atoms with van der Waals surface area (Å²) in [6, 6.07) is 4.15. The minimum absolute atomic E-state index is 0.0345. The number of alkyl halides is 3. The summed E-state index contributed by atoms with van der Waals surface area (Å²) in [7, 11) is 0. The van der Waals surface area contributed by atoms with Crippen molar-refractivity contribution in [3.63, 3.8) is 0 Å². The second-order valence-corrected chi connectivity index (χ2v) is 5.10. The average molecular weight is 386 g/mol. The number of rotatable bonds is 5. The van der Waals surface area contributed by atoms with E-state index in [-0.39, 0.29) is 12.2 Å². The van der Waals surface area contributed by atoms with E-state index in [1.54, 1.807) is 6.07 Å². The lowest BCUT2D eigenvalue weighted by Gasteiger charge is -2.12. The van der Waals surface area contributed by atoms with E-state index in [4.69, 9.17) is 10.00 Å². The predicted molar refractivity (Wildman–Crippen MR) is 80.6 cm³/mol. The first-order valence-electron chi connectivity index (χ1n) is 7.43. The molecule has 142 valence electrons. The molecule has 2 rings (SSSR count). The fourth-order valence-corrected chi connectivity index (χ4v) is 2.03. The highest BCUT2D eigenvalue weighted by Crippen LogP contribution is 2.30. The zero-order chi connectivity index (χ0) is 20.2. The fraction of sp³-hybridized carbons (Fsp3) is 0.235. The molecule has 2 aromatic rings. The van der Waals surface area contributed by atoms with Gasteiger partial charge in [-0.1, -0.05) is 0 Å². The third-order valence-electron chi connectivity index (χ3n) is 3.29. The van der Waals surface area contributed by atoms with Crippen molar-refractivity contribution in [2.45, 2.75) is 19.7 Å². The molecule has 1 aromatic heterocycles. The lowest BCUT2D eigenvalue weighted by Crippen LogP contribution is -2.11. The van der Waals surface area contributed by atoms with Gasteiger partial charge in [-0.15, -0.1) is 0 Å². The zero-order valence-corrected chi connectivity index (χ0v) is 13.7. The van der Waals surface area contributed by atoms with Crippen LogP contribution < -0.4 is 4.74 Å². The van der Waals surface area contributed by atoms with Gasteiger partial charge >= 0.3 is 12.1 Å². The van der Waals surface area contributed by atoms with Crippen molar-refractivity contribution in [3.8, 4) is 11.9 Å². The van der Waals surface area contributed by atoms with Crippen LogP contribution in [-0.2, 0) is 17.5 Å². The number of nitrogens with zero attached hydrogens (tertiary/aromatic N) is 2. The van der Waals surface area contributed by atoms with E-state index in [1.165, 1.54) is 6.92 Å². The van der Waals surface area contributed by atoms with E-state index < -0.39 is 53.1 Å². The van der Waals surface area contributed by atoms with Crippen LogP contribution in [-0.4, -0.2) is 17.6 Å². The van der Waals surface area contributed by atoms with Crippen molar-refractivity contribution in [1.29, 1.82) is 5.26 Å². The Kier molecular flexibility index (Phi) is 5.95. The monoisotopic (exact) mass is 386 g/mol. The van der Waals surface area contributed by atoms with Crippen molar-refractivity contribution in [3.05, 3.63) is 58.3 Å². The maximum Gasteiger partial charge on any atom is 0.416 e. The highest BCUT2D eigenvalue weighted by molar-refractivity contribution is 5.89. The van der Waals surface area contributed by atoms with Crippen molar-refractivity contribution in [2.75, 3.05) is 6.61 Å². The van der Waals surface area contributed by atoms with Crippen molar-refractivity contribution in [1.82, 2.24) is 4.98 Å². The molecule has 0 aliphatic heterocycles. The molecule has 0 bridgehead atoms. The van der Waals surface area contributed by atoms with Crippen LogP contribution >= 0.6 is 0 Å². The summed E-state index contributed by atoms with van der Waals surface area (Å²) in [6.07, 6.45) is -4.69. The Balaban J connectivity index is 2.30. The standard InChI is InChI=1S/C17H11F5N2O3/c1-2-26-16(25)12-6-9(7-23)15(24-14(12)19)27-8-10-5-11(17(20,21)22)3-4-13(10)18/h3-6H,2,8H2,1H3. The maximum absolute atomic E-state index is 13.9. The zero-order valence-electron chi connectivity index (χ0n) is 13.7. The topological polar surface area (TPSA) is 72.2 Å². The molecule has 0 N–H and O–H groups in total. The first-order chi connectivity index (χ1) is 12.7. The Morgan fingerprint density at radius 1 is 1.26 bits per heavy atom. The third kappa shape index (κ3) is 4.69. The molecule has 0 unspecified atom stereocenters. The smallest absolute Gasteiger partial charge is 0.416 e. The molecule has 27 heavy (non-hydrogen) atoms. The number of carbonyl (C=O) groups excluding carboxylic acids is 1. The van der Waals surface area contributed by atoms with Gasteiger partial charge in [0.1, 0.15) is 29.6 Å². The SMILES string of the molecule is CCOC(=O)c1cc(C#N)c(OCc2cc(C(F)(F)F)ccc2F)nc1F. The molecule has 0 amide bonds. The van der Waals surface area contributed by atoms with Gasteiger partial charge in [0.15, 0.2) is 0 Å². The van der Waals surface area contributed by atoms with Crippen LogP contribution in [0.5, 0.6) is 5.88 Å². The second kappa shape index (κ2) is 7.99. The highest BCUT2D eigenvalue weighted by atomic mass is 19.4. The molecule has 10 heteroatoms. The number of benzene rings is 1. The van der Waals surface area contributed by atoms with Crippen molar-refractivity contribution < 1.29 is 36.2 Å². The number of nitriles is 1. The number of hydrogen-bond donors (Lipinski definition) is 0. The van der Waals surface area contributed by atoms with E-state index in [9.17, 15) is 26.7 Å². The Morgan fingerprint density at radius 2 is 1.96 bits per heavy atom. The number of hydrogen-bond acceptors (Lipinski definition) is 5. The minimum atomic E-state index is -4.69. The summed E-state index contributed by atoms with van der Waals surface area (Å²) in [6.45, 7) is 0.721. The number of halogens is 5. The van der Waals surface area contributed by atoms with Crippen LogP contribution in [0, 0.1) is 23.1 Å². The predicted octanol–water partition coefficient (Wildman–Crippen LogP) is 4.01. The van der Waals surface area contributed by atoms with E-state index in [2.05, 4.69) is 9.72 Å². The summed E-state index contributed by atoms with van der Waals surface area (Å²) < 4.78 is 75.4. The van der Waals surface area contributed by atoms with E-state index in [0.717, 1.165) is 6.07 Å². The first kappa shape index (κ1) is 20.1. The van der Waals surface area contributed by atoms with E-state index in [0.29, 0.717) is 18.2 Å². The second-order valence-electron chi connectivity index (χ2n) is 5.10. The van der Waals surface area contributed by atoms with Gasteiger partial charge in [0.05, 0.1) is 12.2 Å². The molecular weight excluding hydrogens is 375 g/mol. The summed E-state index contributed by atoms with van der Waals surface area (Å²) in [5.74, 6) is -3.92. The summed E-state index contributed by atoms with van der Waals surface area (Å²) in [4.78, 5) is 14.9. The lowest BCUT2D eigenvalue weighted by atomic mass is 10.1. The van der Waals surface area contributed by atoms with Crippen LogP contribution in [0.4, 0.5) is 22.0 Å². The Hall–Kier alpha value is -3.22. The van der Waals surface area contributed by atoms with Gasteiger partial charge < -0.3 is 9.47 Å². The number of carbonyl (C=O) groups is 1. The number of aromatic nitrogens is 1. The maximum atomic E-state index is 13.9. The van der Waals surface area contributed by atoms with Crippen LogP contribution in [0.2, 0.25) is 0 Å². The molecular formula is C17H11F5N2O3. The molecule has 0 fully saturated rings. The van der Waals surface area contributed by atoms with E-state index in [1.807, 2.05) is 0 Å². The molecule has 5 nitrogen and oxygen atoms in total. The van der Waals surface area contributed by atoms with Crippen molar-refractivity contribution >= 4 is 5.97 Å². The largest absolute Gasteiger partial charge is 0.472 e. The molecule has 0 spiro atoms. The third-order valence-corrected chi connectivity index (χ3v) is 3.29. The van der Waals surface area contributed by atoms with Gasteiger partial charge in [-0.25, -0.2) is 9.18 Å². The average Bonchev–Trinajstić information content (AvgIpc) is 2.60. The van der Waals surface area contributed by atoms with Gasteiger partial charge in [-0.2, -0.15) is 27.8 Å². The minimum Gasteiger partial charge on any atom is -0.472 e. The Morgan fingerprint density at radius 3 is 2.56 bits per heavy atom. The summed E-state index contributed by atoms with van der Waals surface area (Å²) >= 11 is 0. The lowest BCUT2D eigenvalue weighted by molar-refractivity contribution is -0.137. The molecule has 0 atom stereocenters. The quantitative estimate of drug-likeness (QED) is 0.441. The van der Waals surface area contributed by atoms with E-state index >= 15 is 0 Å². The molecule has 1 heterocycles. The molecule has 0 aliphatic carbocycles. The highest BCUT2D eigenvalue weighted by Gasteiger charge is 2.31. The molecule has 0 saturated heterocycles. The van der Waals surface area contributed by atoms with Gasteiger partial charge in [0.2, 0.25) is 11.8 Å². The molecule has 0 aliphatic rings. The van der Waals surface area contributed by atoms with Crippen molar-refractivity contribution in [2.24, 2.45) is 0 Å². The number of pyridine rings is 1. The Bertz CT molecular complexity index is 907.